The van der Waals surface area contributed by atoms with Crippen LogP contribution in [0.1, 0.15) is 17.3 Å². The Morgan fingerprint density at radius 2 is 1.92 bits per heavy atom. The van der Waals surface area contributed by atoms with Crippen molar-refractivity contribution in [3.63, 3.8) is 0 Å². The minimum Gasteiger partial charge on any atom is -0.462 e. The van der Waals surface area contributed by atoms with E-state index in [9.17, 15) is 17.6 Å². The van der Waals surface area contributed by atoms with Crippen LogP contribution in [0.5, 0.6) is 0 Å². The number of esters is 1. The number of hydrogen-bond acceptors (Lipinski definition) is 4. The number of nitrogens with zero attached hydrogens (tertiary/aromatic N) is 1. The molecule has 0 unspecified atom stereocenters. The molecule has 25 heavy (non-hydrogen) atoms. The first-order valence-corrected chi connectivity index (χ1v) is 9.00. The highest BCUT2D eigenvalue weighted by Crippen LogP contribution is 2.25. The number of sulfonamides is 1. The van der Waals surface area contributed by atoms with Crippen LogP contribution in [0.2, 0.25) is 0 Å². The maximum atomic E-state index is 13.1. The molecular formula is C18H18FNO4S. The summed E-state index contributed by atoms with van der Waals surface area (Å²) in [4.78, 5) is 11.8. The van der Waals surface area contributed by atoms with Crippen LogP contribution in [0.4, 0.5) is 10.1 Å². The van der Waals surface area contributed by atoms with E-state index >= 15 is 0 Å². The first kappa shape index (κ1) is 18.7. The Morgan fingerprint density at radius 1 is 1.24 bits per heavy atom. The number of anilines is 1. The molecule has 0 bridgehead atoms. The third-order valence-corrected chi connectivity index (χ3v) is 5.15. The molecule has 0 fully saturated rings. The van der Waals surface area contributed by atoms with Crippen LogP contribution in [0, 0.1) is 5.82 Å². The van der Waals surface area contributed by atoms with Gasteiger partial charge >= 0.3 is 5.97 Å². The lowest BCUT2D eigenvalue weighted by Crippen LogP contribution is -2.31. The lowest BCUT2D eigenvalue weighted by molar-refractivity contribution is 0.0526. The number of carbonyl (C=O) groups excluding carboxylic acids is 1. The van der Waals surface area contributed by atoms with E-state index in [0.29, 0.717) is 0 Å². The fourth-order valence-electron chi connectivity index (χ4n) is 2.20. The molecule has 0 aliphatic rings. The van der Waals surface area contributed by atoms with E-state index in [0.717, 1.165) is 16.4 Å². The molecule has 0 N–H and O–H groups in total. The van der Waals surface area contributed by atoms with E-state index in [4.69, 9.17) is 4.74 Å². The van der Waals surface area contributed by atoms with Gasteiger partial charge < -0.3 is 4.74 Å². The minimum absolute atomic E-state index is 0.00795. The number of halogens is 1. The highest BCUT2D eigenvalue weighted by molar-refractivity contribution is 7.92. The second-order valence-electron chi connectivity index (χ2n) is 5.05. The van der Waals surface area contributed by atoms with Gasteiger partial charge in [-0.05, 0) is 49.4 Å². The zero-order valence-electron chi connectivity index (χ0n) is 13.7. The molecule has 2 aromatic carbocycles. The van der Waals surface area contributed by atoms with Crippen LogP contribution >= 0.6 is 0 Å². The zero-order chi connectivity index (χ0) is 18.4. The number of hydrogen-bond donors (Lipinski definition) is 0. The van der Waals surface area contributed by atoms with E-state index in [1.165, 1.54) is 30.3 Å². The molecule has 0 saturated heterocycles. The quantitative estimate of drug-likeness (QED) is 0.559. The minimum atomic E-state index is -3.94. The predicted octanol–water partition coefficient (Wildman–Crippen LogP) is 3.38. The number of carbonyl (C=O) groups is 1. The van der Waals surface area contributed by atoms with Crippen molar-refractivity contribution in [1.82, 2.24) is 0 Å². The average Bonchev–Trinajstić information content (AvgIpc) is 2.60. The summed E-state index contributed by atoms with van der Waals surface area (Å²) >= 11 is 0. The van der Waals surface area contributed by atoms with Crippen molar-refractivity contribution < 1.29 is 22.3 Å². The van der Waals surface area contributed by atoms with Crippen LogP contribution in [0.25, 0.3) is 0 Å². The third kappa shape index (κ3) is 4.24. The Bertz CT molecular complexity index is 863. The fraction of sp³-hybridized carbons (Fsp3) is 0.167. The first-order chi connectivity index (χ1) is 11.9. The van der Waals surface area contributed by atoms with Gasteiger partial charge in [0.2, 0.25) is 0 Å². The van der Waals surface area contributed by atoms with E-state index in [-0.39, 0.29) is 29.3 Å². The van der Waals surface area contributed by atoms with Crippen molar-refractivity contribution >= 4 is 21.7 Å². The van der Waals surface area contributed by atoms with E-state index in [1.807, 2.05) is 0 Å². The Morgan fingerprint density at radius 3 is 2.52 bits per heavy atom. The van der Waals surface area contributed by atoms with Crippen molar-refractivity contribution in [2.24, 2.45) is 0 Å². The molecule has 0 radical (unpaired) electrons. The number of rotatable bonds is 7. The molecule has 2 rings (SSSR count). The summed E-state index contributed by atoms with van der Waals surface area (Å²) in [6, 6.07) is 10.6. The van der Waals surface area contributed by atoms with Crippen LogP contribution < -0.4 is 4.31 Å². The lowest BCUT2D eigenvalue weighted by atomic mass is 10.2. The molecule has 0 heterocycles. The highest BCUT2D eigenvalue weighted by Gasteiger charge is 2.24. The molecule has 7 heteroatoms. The molecule has 132 valence electrons. The summed E-state index contributed by atoms with van der Waals surface area (Å²) < 4.78 is 44.9. The van der Waals surface area contributed by atoms with Gasteiger partial charge in [-0.15, -0.1) is 6.58 Å². The van der Waals surface area contributed by atoms with Crippen LogP contribution in [-0.2, 0) is 14.8 Å². The summed E-state index contributed by atoms with van der Waals surface area (Å²) in [5, 5.41) is 0. The summed E-state index contributed by atoms with van der Waals surface area (Å²) in [5.74, 6) is -1.07. The average molecular weight is 363 g/mol. The van der Waals surface area contributed by atoms with Crippen molar-refractivity contribution in [3.05, 3.63) is 72.6 Å². The maximum Gasteiger partial charge on any atom is 0.338 e. The van der Waals surface area contributed by atoms with Crippen molar-refractivity contribution in [1.29, 1.82) is 0 Å². The molecule has 0 amide bonds. The van der Waals surface area contributed by atoms with Gasteiger partial charge in [-0.25, -0.2) is 17.6 Å². The molecule has 0 aliphatic carbocycles. The Hall–Kier alpha value is -2.67. The second kappa shape index (κ2) is 7.94. The molecule has 0 aliphatic heterocycles. The van der Waals surface area contributed by atoms with Crippen molar-refractivity contribution in [2.45, 2.75) is 11.8 Å². The standard InChI is InChI=1S/C18H18FNO4S/c1-3-12-20(25(22,23)17-10-8-15(19)9-11-17)16-7-5-6-14(13-16)18(21)24-4-2/h3,5-11,13H,1,4,12H2,2H3. The molecule has 0 saturated carbocycles. The van der Waals surface area contributed by atoms with E-state index in [2.05, 4.69) is 6.58 Å². The Kier molecular flexibility index (Phi) is 5.93. The monoisotopic (exact) mass is 363 g/mol. The van der Waals surface area contributed by atoms with Gasteiger partial charge in [0.1, 0.15) is 5.82 Å². The SMILES string of the molecule is C=CCN(c1cccc(C(=O)OCC)c1)S(=O)(=O)c1ccc(F)cc1. The Balaban J connectivity index is 2.47. The summed E-state index contributed by atoms with van der Waals surface area (Å²) in [5.41, 5.74) is 0.525. The largest absolute Gasteiger partial charge is 0.462 e. The van der Waals surface area contributed by atoms with Gasteiger partial charge in [0.25, 0.3) is 10.0 Å². The van der Waals surface area contributed by atoms with Gasteiger partial charge in [0.15, 0.2) is 0 Å². The molecule has 0 aromatic heterocycles. The van der Waals surface area contributed by atoms with Gasteiger partial charge in [-0.1, -0.05) is 12.1 Å². The van der Waals surface area contributed by atoms with Crippen molar-refractivity contribution in [3.8, 4) is 0 Å². The summed E-state index contributed by atoms with van der Waals surface area (Å²) in [6.07, 6.45) is 1.43. The predicted molar refractivity (Wildman–Crippen MR) is 93.5 cm³/mol. The first-order valence-electron chi connectivity index (χ1n) is 7.56. The summed E-state index contributed by atoms with van der Waals surface area (Å²) in [6.45, 7) is 5.47. The smallest absolute Gasteiger partial charge is 0.338 e. The Labute approximate surface area is 146 Å². The second-order valence-corrected chi connectivity index (χ2v) is 6.91. The van der Waals surface area contributed by atoms with Gasteiger partial charge in [0.05, 0.1) is 29.3 Å². The number of ether oxygens (including phenoxy) is 1. The molecular weight excluding hydrogens is 345 g/mol. The maximum absolute atomic E-state index is 13.1. The van der Waals surface area contributed by atoms with Gasteiger partial charge in [-0.2, -0.15) is 0 Å². The third-order valence-electron chi connectivity index (χ3n) is 3.34. The lowest BCUT2D eigenvalue weighted by Gasteiger charge is -2.23. The zero-order valence-corrected chi connectivity index (χ0v) is 14.5. The van der Waals surface area contributed by atoms with Crippen molar-refractivity contribution in [2.75, 3.05) is 17.5 Å². The molecule has 5 nitrogen and oxygen atoms in total. The normalized spacial score (nSPS) is 11.0. The highest BCUT2D eigenvalue weighted by atomic mass is 32.2. The van der Waals surface area contributed by atoms with E-state index in [1.54, 1.807) is 19.1 Å². The summed E-state index contributed by atoms with van der Waals surface area (Å²) in [7, 11) is -3.94. The van der Waals surface area contributed by atoms with Gasteiger partial charge in [-0.3, -0.25) is 4.31 Å². The molecule has 0 spiro atoms. The van der Waals surface area contributed by atoms with Crippen LogP contribution in [0.15, 0.2) is 66.1 Å². The van der Waals surface area contributed by atoms with Crippen LogP contribution in [-0.4, -0.2) is 27.5 Å². The van der Waals surface area contributed by atoms with E-state index < -0.39 is 21.8 Å². The molecule has 0 atom stereocenters. The van der Waals surface area contributed by atoms with Gasteiger partial charge in [0, 0.05) is 0 Å². The van der Waals surface area contributed by atoms with Crippen LogP contribution in [0.3, 0.4) is 0 Å². The topological polar surface area (TPSA) is 63.7 Å². The fourth-order valence-corrected chi connectivity index (χ4v) is 3.62. The molecule has 2 aromatic rings. The number of benzene rings is 2.